The van der Waals surface area contributed by atoms with Crippen LogP contribution in [-0.4, -0.2) is 51.3 Å². The van der Waals surface area contributed by atoms with Gasteiger partial charge in [-0.15, -0.1) is 0 Å². The smallest absolute Gasteiger partial charge is 0.222 e. The number of aromatic nitrogens is 3. The third-order valence-corrected chi connectivity index (χ3v) is 6.70. The SMILES string of the molecule is Cc1ncc(-c2ccccn2)c(C2CCC(CNC(=O)CCCN3CCCC3=O)CC2)n1. The van der Waals surface area contributed by atoms with E-state index in [2.05, 4.69) is 15.3 Å². The zero-order valence-corrected chi connectivity index (χ0v) is 18.9. The topological polar surface area (TPSA) is 88.1 Å². The van der Waals surface area contributed by atoms with Crippen molar-refractivity contribution < 1.29 is 9.59 Å². The van der Waals surface area contributed by atoms with Crippen LogP contribution in [0.1, 0.15) is 68.8 Å². The molecule has 0 spiro atoms. The lowest BCUT2D eigenvalue weighted by Crippen LogP contribution is -2.32. The van der Waals surface area contributed by atoms with Gasteiger partial charge in [-0.2, -0.15) is 0 Å². The van der Waals surface area contributed by atoms with Crippen LogP contribution in [0.5, 0.6) is 0 Å². The van der Waals surface area contributed by atoms with Crippen molar-refractivity contribution in [1.29, 1.82) is 0 Å². The van der Waals surface area contributed by atoms with E-state index in [4.69, 9.17) is 4.98 Å². The van der Waals surface area contributed by atoms with Crippen molar-refractivity contribution in [3.63, 3.8) is 0 Å². The Bertz CT molecular complexity index is 925. The fourth-order valence-electron chi connectivity index (χ4n) is 4.88. The number of nitrogens with zero attached hydrogens (tertiary/aromatic N) is 4. The number of nitrogens with one attached hydrogen (secondary N) is 1. The van der Waals surface area contributed by atoms with Gasteiger partial charge in [0.05, 0.1) is 11.4 Å². The van der Waals surface area contributed by atoms with Crippen molar-refractivity contribution in [2.24, 2.45) is 5.92 Å². The highest BCUT2D eigenvalue weighted by atomic mass is 16.2. The molecule has 0 atom stereocenters. The first-order valence-electron chi connectivity index (χ1n) is 11.9. The van der Waals surface area contributed by atoms with Gasteiger partial charge in [0.15, 0.2) is 0 Å². The van der Waals surface area contributed by atoms with Crippen LogP contribution < -0.4 is 5.32 Å². The number of aryl methyl sites for hydroxylation is 1. The molecule has 0 radical (unpaired) electrons. The summed E-state index contributed by atoms with van der Waals surface area (Å²) in [7, 11) is 0. The van der Waals surface area contributed by atoms with E-state index < -0.39 is 0 Å². The number of hydrogen-bond donors (Lipinski definition) is 1. The minimum Gasteiger partial charge on any atom is -0.356 e. The molecule has 0 bridgehead atoms. The molecule has 2 amide bonds. The first-order chi connectivity index (χ1) is 15.6. The molecule has 2 fully saturated rings. The van der Waals surface area contributed by atoms with Crippen LogP contribution in [0, 0.1) is 12.8 Å². The molecule has 1 aliphatic carbocycles. The van der Waals surface area contributed by atoms with Crippen LogP contribution in [0.2, 0.25) is 0 Å². The summed E-state index contributed by atoms with van der Waals surface area (Å²) in [6.45, 7) is 4.22. The van der Waals surface area contributed by atoms with Gasteiger partial charge in [0.1, 0.15) is 5.82 Å². The fourth-order valence-corrected chi connectivity index (χ4v) is 4.88. The first kappa shape index (κ1) is 22.4. The number of carbonyl (C=O) groups excluding carboxylic acids is 2. The van der Waals surface area contributed by atoms with Crippen molar-refractivity contribution in [2.75, 3.05) is 19.6 Å². The van der Waals surface area contributed by atoms with Crippen LogP contribution in [0.25, 0.3) is 11.3 Å². The van der Waals surface area contributed by atoms with Crippen molar-refractivity contribution in [1.82, 2.24) is 25.2 Å². The van der Waals surface area contributed by atoms with Crippen molar-refractivity contribution >= 4 is 11.8 Å². The minimum atomic E-state index is 0.0997. The van der Waals surface area contributed by atoms with E-state index in [1.807, 2.05) is 42.4 Å². The molecule has 2 aromatic rings. The summed E-state index contributed by atoms with van der Waals surface area (Å²) in [4.78, 5) is 39.5. The van der Waals surface area contributed by atoms with E-state index in [-0.39, 0.29) is 11.8 Å². The molecular weight excluding hydrogens is 402 g/mol. The lowest BCUT2D eigenvalue weighted by atomic mass is 9.79. The number of carbonyl (C=O) groups is 2. The summed E-state index contributed by atoms with van der Waals surface area (Å²) in [5.41, 5.74) is 3.06. The highest BCUT2D eigenvalue weighted by Gasteiger charge is 2.26. The number of rotatable bonds is 8. The van der Waals surface area contributed by atoms with Gasteiger partial charge in [-0.25, -0.2) is 9.97 Å². The second-order valence-electron chi connectivity index (χ2n) is 9.04. The van der Waals surface area contributed by atoms with Crippen molar-refractivity contribution in [3.05, 3.63) is 42.1 Å². The van der Waals surface area contributed by atoms with E-state index in [0.29, 0.717) is 31.2 Å². The van der Waals surface area contributed by atoms with Crippen LogP contribution in [-0.2, 0) is 9.59 Å². The Kier molecular flexibility index (Phi) is 7.45. The number of pyridine rings is 1. The van der Waals surface area contributed by atoms with Gasteiger partial charge >= 0.3 is 0 Å². The summed E-state index contributed by atoms with van der Waals surface area (Å²) in [6, 6.07) is 5.93. The third-order valence-electron chi connectivity index (χ3n) is 6.70. The highest BCUT2D eigenvalue weighted by Crippen LogP contribution is 2.38. The van der Waals surface area contributed by atoms with E-state index >= 15 is 0 Å². The monoisotopic (exact) mass is 435 g/mol. The lowest BCUT2D eigenvalue weighted by molar-refractivity contribution is -0.128. The second-order valence-corrected chi connectivity index (χ2v) is 9.04. The van der Waals surface area contributed by atoms with E-state index in [9.17, 15) is 9.59 Å². The quantitative estimate of drug-likeness (QED) is 0.684. The summed E-state index contributed by atoms with van der Waals surface area (Å²) >= 11 is 0. The van der Waals surface area contributed by atoms with E-state index in [1.165, 1.54) is 0 Å². The first-order valence-corrected chi connectivity index (χ1v) is 11.9. The van der Waals surface area contributed by atoms with E-state index in [1.54, 1.807) is 0 Å². The molecule has 4 rings (SSSR count). The Balaban J connectivity index is 1.24. The summed E-state index contributed by atoms with van der Waals surface area (Å²) in [5, 5.41) is 3.11. The van der Waals surface area contributed by atoms with Crippen molar-refractivity contribution in [3.8, 4) is 11.3 Å². The number of hydrogen-bond acceptors (Lipinski definition) is 5. The molecule has 0 aromatic carbocycles. The predicted molar refractivity (Wildman–Crippen MR) is 123 cm³/mol. The lowest BCUT2D eigenvalue weighted by Gasteiger charge is -2.29. The fraction of sp³-hybridized carbons (Fsp3) is 0.560. The molecule has 1 saturated heterocycles. The van der Waals surface area contributed by atoms with Crippen LogP contribution in [0.4, 0.5) is 0 Å². The van der Waals surface area contributed by atoms with Crippen LogP contribution >= 0.6 is 0 Å². The standard InChI is InChI=1S/C25H33N5O2/c1-18-27-17-21(22-6-2-3-13-26-22)25(29-18)20-11-9-19(10-12-20)16-28-23(31)7-4-14-30-15-5-8-24(30)32/h2-3,6,13,17,19-20H,4-5,7-12,14-16H2,1H3,(H,28,31). The molecule has 2 aliphatic rings. The molecule has 0 unspecified atom stereocenters. The Morgan fingerprint density at radius 3 is 2.75 bits per heavy atom. The molecule has 3 heterocycles. The molecule has 1 N–H and O–H groups in total. The Hall–Kier alpha value is -2.83. The van der Waals surface area contributed by atoms with Gasteiger partial charge < -0.3 is 10.2 Å². The third kappa shape index (κ3) is 5.69. The highest BCUT2D eigenvalue weighted by molar-refractivity contribution is 5.78. The average Bonchev–Trinajstić information content (AvgIpc) is 3.23. The zero-order chi connectivity index (χ0) is 22.3. The molecule has 7 heteroatoms. The van der Waals surface area contributed by atoms with Gasteiger partial charge in [-0.05, 0) is 63.5 Å². The molecule has 7 nitrogen and oxygen atoms in total. The molecule has 1 aliphatic heterocycles. The van der Waals surface area contributed by atoms with Gasteiger partial charge in [-0.1, -0.05) is 6.07 Å². The Morgan fingerprint density at radius 1 is 1.19 bits per heavy atom. The minimum absolute atomic E-state index is 0.0997. The van der Waals surface area contributed by atoms with Crippen molar-refractivity contribution in [2.45, 2.75) is 64.2 Å². The number of amides is 2. The maximum absolute atomic E-state index is 12.2. The zero-order valence-electron chi connectivity index (χ0n) is 18.9. The molecule has 2 aromatic heterocycles. The number of likely N-dealkylation sites (tertiary alicyclic amines) is 1. The molecule has 32 heavy (non-hydrogen) atoms. The summed E-state index contributed by atoms with van der Waals surface area (Å²) in [5.74, 6) is 2.04. The Morgan fingerprint density at radius 2 is 2.03 bits per heavy atom. The molecule has 170 valence electrons. The second kappa shape index (κ2) is 10.7. The molecule has 1 saturated carbocycles. The summed E-state index contributed by atoms with van der Waals surface area (Å²) < 4.78 is 0. The largest absolute Gasteiger partial charge is 0.356 e. The van der Waals surface area contributed by atoms with Gasteiger partial charge in [0.25, 0.3) is 0 Å². The molecular formula is C25H33N5O2. The Labute approximate surface area is 190 Å². The normalized spacial score (nSPS) is 21.0. The maximum Gasteiger partial charge on any atom is 0.222 e. The van der Waals surface area contributed by atoms with Crippen LogP contribution in [0.15, 0.2) is 30.6 Å². The van der Waals surface area contributed by atoms with Gasteiger partial charge in [0, 0.05) is 56.4 Å². The maximum atomic E-state index is 12.2. The van der Waals surface area contributed by atoms with E-state index in [0.717, 1.165) is 74.4 Å². The average molecular weight is 436 g/mol. The van der Waals surface area contributed by atoms with Gasteiger partial charge in [-0.3, -0.25) is 14.6 Å². The van der Waals surface area contributed by atoms with Crippen LogP contribution in [0.3, 0.4) is 0 Å². The summed E-state index contributed by atoms with van der Waals surface area (Å²) in [6.07, 6.45) is 10.8. The predicted octanol–water partition coefficient (Wildman–Crippen LogP) is 3.64. The van der Waals surface area contributed by atoms with Gasteiger partial charge in [0.2, 0.25) is 11.8 Å².